The predicted molar refractivity (Wildman–Crippen MR) is 76.5 cm³/mol. The Kier molecular flexibility index (Phi) is 5.42. The van der Waals surface area contributed by atoms with Gasteiger partial charge in [-0.25, -0.2) is 4.79 Å². The SMILES string of the molecule is CC(C)CC1CC(NC(=O)OC(C)(C)C)C[C@H]1C(=O)O. The molecule has 20 heavy (non-hydrogen) atoms. The monoisotopic (exact) mass is 285 g/mol. The first kappa shape index (κ1) is 16.8. The lowest BCUT2D eigenvalue weighted by Crippen LogP contribution is -2.38. The number of ether oxygens (including phenoxy) is 1. The normalized spacial score (nSPS) is 26.6. The number of alkyl carbamates (subject to hydrolysis) is 1. The standard InChI is InChI=1S/C15H27NO4/c1-9(2)6-10-7-11(8-12(10)13(17)18)16-14(19)20-15(3,4)5/h9-12H,6-8H2,1-5H3,(H,16,19)(H,17,18)/t10?,11?,12-/m1/s1. The lowest BCUT2D eigenvalue weighted by atomic mass is 9.88. The first-order valence-electron chi connectivity index (χ1n) is 7.30. The number of carboxylic acid groups (broad SMARTS) is 1. The molecule has 1 fully saturated rings. The highest BCUT2D eigenvalue weighted by molar-refractivity contribution is 5.72. The molecule has 0 radical (unpaired) electrons. The Morgan fingerprint density at radius 2 is 1.90 bits per heavy atom. The summed E-state index contributed by atoms with van der Waals surface area (Å²) in [6.45, 7) is 9.61. The third-order valence-corrected chi connectivity index (χ3v) is 3.51. The van der Waals surface area contributed by atoms with E-state index in [-0.39, 0.29) is 17.9 Å². The van der Waals surface area contributed by atoms with Gasteiger partial charge >= 0.3 is 12.1 Å². The largest absolute Gasteiger partial charge is 0.481 e. The van der Waals surface area contributed by atoms with Crippen molar-refractivity contribution in [3.05, 3.63) is 0 Å². The summed E-state index contributed by atoms with van der Waals surface area (Å²) in [6, 6.07) is -0.102. The third kappa shape index (κ3) is 5.39. The van der Waals surface area contributed by atoms with Gasteiger partial charge in [0.2, 0.25) is 0 Å². The minimum Gasteiger partial charge on any atom is -0.481 e. The molecular weight excluding hydrogens is 258 g/mol. The first-order valence-corrected chi connectivity index (χ1v) is 7.30. The number of carboxylic acids is 1. The number of hydrogen-bond donors (Lipinski definition) is 2. The highest BCUT2D eigenvalue weighted by Crippen LogP contribution is 2.36. The molecule has 0 saturated heterocycles. The molecular formula is C15H27NO4. The molecule has 0 aliphatic heterocycles. The van der Waals surface area contributed by atoms with Crippen LogP contribution in [-0.4, -0.2) is 28.8 Å². The number of aliphatic carboxylic acids is 1. The van der Waals surface area contributed by atoms with Crippen molar-refractivity contribution < 1.29 is 19.4 Å². The van der Waals surface area contributed by atoms with Crippen LogP contribution in [0.4, 0.5) is 4.79 Å². The van der Waals surface area contributed by atoms with Gasteiger partial charge < -0.3 is 15.2 Å². The Hall–Kier alpha value is -1.26. The zero-order valence-electron chi connectivity index (χ0n) is 13.1. The van der Waals surface area contributed by atoms with E-state index in [1.54, 1.807) is 0 Å². The molecule has 3 atom stereocenters. The van der Waals surface area contributed by atoms with Crippen LogP contribution in [-0.2, 0) is 9.53 Å². The van der Waals surface area contributed by atoms with E-state index in [1.807, 2.05) is 20.8 Å². The van der Waals surface area contributed by atoms with Gasteiger partial charge in [0.05, 0.1) is 5.92 Å². The molecule has 0 bridgehead atoms. The predicted octanol–water partition coefficient (Wildman–Crippen LogP) is 3.04. The van der Waals surface area contributed by atoms with E-state index in [0.717, 1.165) is 6.42 Å². The van der Waals surface area contributed by atoms with Crippen LogP contribution in [0.15, 0.2) is 0 Å². The number of nitrogens with one attached hydrogen (secondary N) is 1. The fraction of sp³-hybridized carbons (Fsp3) is 0.867. The molecule has 5 heteroatoms. The minimum absolute atomic E-state index is 0.102. The third-order valence-electron chi connectivity index (χ3n) is 3.51. The minimum atomic E-state index is -0.760. The molecule has 5 nitrogen and oxygen atoms in total. The van der Waals surface area contributed by atoms with Crippen LogP contribution in [0, 0.1) is 17.8 Å². The molecule has 1 saturated carbocycles. The van der Waals surface area contributed by atoms with Gasteiger partial charge in [-0.2, -0.15) is 0 Å². The van der Waals surface area contributed by atoms with Gasteiger partial charge in [-0.15, -0.1) is 0 Å². The molecule has 0 aromatic carbocycles. The van der Waals surface area contributed by atoms with Crippen molar-refractivity contribution >= 4 is 12.1 Å². The number of carbonyl (C=O) groups is 2. The van der Waals surface area contributed by atoms with Gasteiger partial charge in [0.1, 0.15) is 5.60 Å². The van der Waals surface area contributed by atoms with E-state index in [9.17, 15) is 14.7 Å². The molecule has 1 rings (SSSR count). The van der Waals surface area contributed by atoms with Gasteiger partial charge in [0, 0.05) is 6.04 Å². The van der Waals surface area contributed by atoms with Crippen LogP contribution < -0.4 is 5.32 Å². The summed E-state index contributed by atoms with van der Waals surface area (Å²) in [5.41, 5.74) is -0.535. The topological polar surface area (TPSA) is 75.6 Å². The van der Waals surface area contributed by atoms with Gasteiger partial charge in [-0.05, 0) is 51.9 Å². The van der Waals surface area contributed by atoms with Crippen LogP contribution in [0.25, 0.3) is 0 Å². The van der Waals surface area contributed by atoms with Crippen LogP contribution in [0.2, 0.25) is 0 Å². The van der Waals surface area contributed by atoms with Crippen molar-refractivity contribution in [2.24, 2.45) is 17.8 Å². The van der Waals surface area contributed by atoms with Crippen molar-refractivity contribution in [2.75, 3.05) is 0 Å². The van der Waals surface area contributed by atoms with Crippen molar-refractivity contribution in [3.63, 3.8) is 0 Å². The van der Waals surface area contributed by atoms with Gasteiger partial charge in [0.15, 0.2) is 0 Å². The van der Waals surface area contributed by atoms with Gasteiger partial charge in [-0.1, -0.05) is 13.8 Å². The number of carbonyl (C=O) groups excluding carboxylic acids is 1. The fourth-order valence-corrected chi connectivity index (χ4v) is 2.89. The molecule has 116 valence electrons. The van der Waals surface area contributed by atoms with E-state index >= 15 is 0 Å². The number of rotatable bonds is 4. The molecule has 2 N–H and O–H groups in total. The second-order valence-corrected chi connectivity index (χ2v) is 7.15. The van der Waals surface area contributed by atoms with Crippen molar-refractivity contribution in [2.45, 2.75) is 65.5 Å². The summed E-state index contributed by atoms with van der Waals surface area (Å²) in [7, 11) is 0. The summed E-state index contributed by atoms with van der Waals surface area (Å²) in [6.07, 6.45) is 1.63. The average Bonchev–Trinajstić information content (AvgIpc) is 2.56. The zero-order valence-corrected chi connectivity index (χ0v) is 13.1. The second-order valence-electron chi connectivity index (χ2n) is 7.15. The van der Waals surface area contributed by atoms with E-state index in [2.05, 4.69) is 19.2 Å². The van der Waals surface area contributed by atoms with E-state index in [0.29, 0.717) is 18.8 Å². The van der Waals surface area contributed by atoms with Gasteiger partial charge in [0.25, 0.3) is 0 Å². The van der Waals surface area contributed by atoms with Crippen LogP contribution in [0.3, 0.4) is 0 Å². The molecule has 0 aromatic heterocycles. The Labute approximate surface area is 121 Å². The Morgan fingerprint density at radius 3 is 2.35 bits per heavy atom. The molecule has 0 spiro atoms. The summed E-state index contributed by atoms with van der Waals surface area (Å²) in [5, 5.41) is 12.1. The molecule has 0 heterocycles. The maximum atomic E-state index is 11.7. The van der Waals surface area contributed by atoms with Crippen LogP contribution in [0.5, 0.6) is 0 Å². The van der Waals surface area contributed by atoms with E-state index in [4.69, 9.17) is 4.74 Å². The number of amides is 1. The average molecular weight is 285 g/mol. The molecule has 2 unspecified atom stereocenters. The van der Waals surface area contributed by atoms with Crippen molar-refractivity contribution in [3.8, 4) is 0 Å². The molecule has 0 aromatic rings. The lowest BCUT2D eigenvalue weighted by Gasteiger charge is -2.21. The first-order chi connectivity index (χ1) is 9.08. The number of hydrogen-bond acceptors (Lipinski definition) is 3. The Balaban J connectivity index is 2.57. The summed E-state index contributed by atoms with van der Waals surface area (Å²) in [5.74, 6) is -0.531. The van der Waals surface area contributed by atoms with Crippen LogP contribution >= 0.6 is 0 Å². The van der Waals surface area contributed by atoms with Crippen molar-refractivity contribution in [1.82, 2.24) is 5.32 Å². The molecule has 1 aliphatic carbocycles. The molecule has 1 amide bonds. The quantitative estimate of drug-likeness (QED) is 0.832. The zero-order chi connectivity index (χ0) is 15.5. The highest BCUT2D eigenvalue weighted by atomic mass is 16.6. The van der Waals surface area contributed by atoms with E-state index in [1.165, 1.54) is 0 Å². The van der Waals surface area contributed by atoms with Gasteiger partial charge in [-0.3, -0.25) is 4.79 Å². The maximum absolute atomic E-state index is 11.7. The Morgan fingerprint density at radius 1 is 1.30 bits per heavy atom. The lowest BCUT2D eigenvalue weighted by molar-refractivity contribution is -0.143. The summed E-state index contributed by atoms with van der Waals surface area (Å²) in [4.78, 5) is 23.0. The molecule has 1 aliphatic rings. The summed E-state index contributed by atoms with van der Waals surface area (Å²) < 4.78 is 5.21. The highest BCUT2D eigenvalue weighted by Gasteiger charge is 2.39. The Bertz CT molecular complexity index is 359. The summed E-state index contributed by atoms with van der Waals surface area (Å²) >= 11 is 0. The fourth-order valence-electron chi connectivity index (χ4n) is 2.89. The smallest absolute Gasteiger partial charge is 0.407 e. The maximum Gasteiger partial charge on any atom is 0.407 e. The second kappa shape index (κ2) is 6.46. The van der Waals surface area contributed by atoms with Crippen LogP contribution in [0.1, 0.15) is 53.9 Å². The van der Waals surface area contributed by atoms with E-state index < -0.39 is 17.7 Å². The van der Waals surface area contributed by atoms with Crippen molar-refractivity contribution in [1.29, 1.82) is 0 Å².